The maximum atomic E-state index is 12.6. The summed E-state index contributed by atoms with van der Waals surface area (Å²) in [4.78, 5) is 26.9. The Hall–Kier alpha value is -2.95. The minimum atomic E-state index is -0.404. The lowest BCUT2D eigenvalue weighted by Crippen LogP contribution is -2.35. The molecule has 1 atom stereocenters. The van der Waals surface area contributed by atoms with E-state index in [2.05, 4.69) is 20.6 Å². The molecule has 33 heavy (non-hydrogen) atoms. The van der Waals surface area contributed by atoms with Crippen LogP contribution in [0.2, 0.25) is 0 Å². The number of fused-ring (bicyclic) bond motifs is 2. The van der Waals surface area contributed by atoms with E-state index in [4.69, 9.17) is 19.2 Å². The number of nitrogens with zero attached hydrogens (tertiary/aromatic N) is 3. The zero-order valence-electron chi connectivity index (χ0n) is 19.2. The van der Waals surface area contributed by atoms with Crippen molar-refractivity contribution in [2.24, 2.45) is 9.98 Å². The number of hydrogen-bond acceptors (Lipinski definition) is 8. The number of amides is 1. The summed E-state index contributed by atoms with van der Waals surface area (Å²) in [6.45, 7) is 5.61. The van der Waals surface area contributed by atoms with Crippen LogP contribution in [0.15, 0.2) is 39.8 Å². The monoisotopic (exact) mass is 456 g/mol. The van der Waals surface area contributed by atoms with Gasteiger partial charge < -0.3 is 34.7 Å². The van der Waals surface area contributed by atoms with Gasteiger partial charge in [-0.1, -0.05) is 0 Å². The first-order valence-electron chi connectivity index (χ1n) is 11.4. The third-order valence-electron chi connectivity index (χ3n) is 5.68. The molecule has 0 saturated heterocycles. The summed E-state index contributed by atoms with van der Waals surface area (Å²) in [5.74, 6) is 2.14. The van der Waals surface area contributed by atoms with Crippen molar-refractivity contribution in [3.8, 4) is 0 Å². The molecule has 3 heterocycles. The number of hydrogen-bond donors (Lipinski definition) is 3. The molecular weight excluding hydrogens is 424 g/mol. The van der Waals surface area contributed by atoms with Crippen LogP contribution in [0, 0.1) is 0 Å². The van der Waals surface area contributed by atoms with Crippen molar-refractivity contribution in [2.45, 2.75) is 32.4 Å². The number of ether oxygens (including phenoxy) is 3. The van der Waals surface area contributed by atoms with Crippen molar-refractivity contribution in [1.29, 1.82) is 0 Å². The van der Waals surface area contributed by atoms with Crippen LogP contribution in [0.1, 0.15) is 30.9 Å². The van der Waals surface area contributed by atoms with E-state index in [1.165, 1.54) is 0 Å². The zero-order valence-corrected chi connectivity index (χ0v) is 19.2. The average molecular weight is 457 g/mol. The van der Waals surface area contributed by atoms with Gasteiger partial charge in [0.15, 0.2) is 5.84 Å². The third-order valence-corrected chi connectivity index (χ3v) is 5.68. The van der Waals surface area contributed by atoms with Crippen molar-refractivity contribution in [1.82, 2.24) is 15.2 Å². The molecule has 10 heteroatoms. The number of rotatable bonds is 5. The van der Waals surface area contributed by atoms with Gasteiger partial charge in [0.2, 0.25) is 5.91 Å². The van der Waals surface area contributed by atoms with Gasteiger partial charge in [-0.25, -0.2) is 9.98 Å². The van der Waals surface area contributed by atoms with Gasteiger partial charge in [-0.15, -0.1) is 0 Å². The van der Waals surface area contributed by atoms with E-state index in [1.807, 2.05) is 25.3 Å². The van der Waals surface area contributed by atoms with Gasteiger partial charge >= 0.3 is 0 Å². The fourth-order valence-electron chi connectivity index (χ4n) is 3.86. The number of H-pyrrole nitrogens is 1. The number of aromatic amines is 1. The fourth-order valence-corrected chi connectivity index (χ4v) is 3.86. The predicted molar refractivity (Wildman–Crippen MR) is 126 cm³/mol. The molecule has 178 valence electrons. The molecule has 0 saturated carbocycles. The van der Waals surface area contributed by atoms with Crippen LogP contribution in [-0.4, -0.2) is 80.6 Å². The lowest BCUT2D eigenvalue weighted by atomic mass is 10.1. The van der Waals surface area contributed by atoms with E-state index in [9.17, 15) is 4.79 Å². The van der Waals surface area contributed by atoms with E-state index in [0.717, 1.165) is 35.6 Å². The number of amidine groups is 1. The van der Waals surface area contributed by atoms with Crippen LogP contribution in [0.25, 0.3) is 0 Å². The van der Waals surface area contributed by atoms with E-state index in [1.54, 1.807) is 18.3 Å². The molecule has 1 aromatic rings. The van der Waals surface area contributed by atoms with Crippen LogP contribution in [-0.2, 0) is 25.5 Å². The Balaban J connectivity index is 1.61. The Morgan fingerprint density at radius 3 is 3.09 bits per heavy atom. The van der Waals surface area contributed by atoms with Gasteiger partial charge in [-0.2, -0.15) is 0 Å². The molecule has 4 rings (SSSR count). The van der Waals surface area contributed by atoms with Gasteiger partial charge in [-0.05, 0) is 37.6 Å². The SMILES string of the molecule is CCOCCOC1=CC=C2CC1OCC(=O)N(C)CCCNCc1c[nH]c3c1/C(=N/2)N=CN3. The second-order valence-electron chi connectivity index (χ2n) is 8.02. The fraction of sp³-hybridized carbons (Fsp3) is 0.522. The Labute approximate surface area is 193 Å². The number of allylic oxidation sites excluding steroid dienone is 2. The van der Waals surface area contributed by atoms with E-state index in [-0.39, 0.29) is 12.5 Å². The molecule has 2 bridgehead atoms. The van der Waals surface area contributed by atoms with Crippen LogP contribution in [0.3, 0.4) is 0 Å². The molecule has 0 radical (unpaired) electrons. The number of carbonyl (C=O) groups excluding carboxylic acids is 1. The molecule has 1 aliphatic carbocycles. The number of nitrogens with one attached hydrogen (secondary N) is 3. The van der Waals surface area contributed by atoms with E-state index >= 15 is 0 Å². The normalized spacial score (nSPS) is 23.1. The number of aromatic nitrogens is 1. The summed E-state index contributed by atoms with van der Waals surface area (Å²) in [5, 5.41) is 6.60. The lowest BCUT2D eigenvalue weighted by molar-refractivity contribution is -0.137. The molecule has 0 fully saturated rings. The van der Waals surface area contributed by atoms with Crippen molar-refractivity contribution >= 4 is 23.9 Å². The summed E-state index contributed by atoms with van der Waals surface area (Å²) in [6, 6.07) is 0. The lowest BCUT2D eigenvalue weighted by Gasteiger charge is -2.26. The van der Waals surface area contributed by atoms with E-state index in [0.29, 0.717) is 50.9 Å². The minimum absolute atomic E-state index is 0.0151. The topological polar surface area (TPSA) is 113 Å². The van der Waals surface area contributed by atoms with Crippen molar-refractivity contribution in [3.63, 3.8) is 0 Å². The predicted octanol–water partition coefficient (Wildman–Crippen LogP) is 1.78. The quantitative estimate of drug-likeness (QED) is 0.582. The van der Waals surface area contributed by atoms with Gasteiger partial charge in [0.25, 0.3) is 0 Å². The highest BCUT2D eigenvalue weighted by atomic mass is 16.6. The summed E-state index contributed by atoms with van der Waals surface area (Å²) >= 11 is 0. The zero-order chi connectivity index (χ0) is 23.0. The molecule has 2 aliphatic heterocycles. The molecule has 1 amide bonds. The Morgan fingerprint density at radius 2 is 2.21 bits per heavy atom. The van der Waals surface area contributed by atoms with Gasteiger partial charge in [0, 0.05) is 45.1 Å². The van der Waals surface area contributed by atoms with Crippen molar-refractivity contribution in [2.75, 3.05) is 51.9 Å². The van der Waals surface area contributed by atoms with Crippen LogP contribution < -0.4 is 10.6 Å². The molecular formula is C23H32N6O4. The standard InChI is InChI=1S/C23H32N6O4/c1-3-31-9-10-32-18-6-5-17-11-19(18)33-14-20(30)29(2)8-4-7-24-12-16-13-25-22-21(16)23(28-17)27-15-26-22/h5-6,13,15,19,24H,3-4,7-12,14H2,1-2H3,(H2,25,26,27,28). The second kappa shape index (κ2) is 11.3. The molecule has 1 unspecified atom stereocenters. The highest BCUT2D eigenvalue weighted by Gasteiger charge is 2.26. The highest BCUT2D eigenvalue weighted by Crippen LogP contribution is 2.28. The summed E-state index contributed by atoms with van der Waals surface area (Å²) in [5.41, 5.74) is 2.86. The van der Waals surface area contributed by atoms with Gasteiger partial charge in [-0.3, -0.25) is 4.79 Å². The number of anilines is 1. The maximum Gasteiger partial charge on any atom is 0.248 e. The van der Waals surface area contributed by atoms with Crippen molar-refractivity contribution in [3.05, 3.63) is 40.9 Å². The van der Waals surface area contributed by atoms with Crippen LogP contribution in [0.5, 0.6) is 0 Å². The van der Waals surface area contributed by atoms with Gasteiger partial charge in [0.05, 0.1) is 18.5 Å². The molecule has 0 spiro atoms. The first kappa shape index (κ1) is 23.2. The highest BCUT2D eigenvalue weighted by molar-refractivity contribution is 6.13. The van der Waals surface area contributed by atoms with Crippen molar-refractivity contribution < 1.29 is 19.0 Å². The molecule has 0 aromatic carbocycles. The summed E-state index contributed by atoms with van der Waals surface area (Å²) in [7, 11) is 1.80. The summed E-state index contributed by atoms with van der Waals surface area (Å²) < 4.78 is 17.3. The van der Waals surface area contributed by atoms with Crippen LogP contribution in [0.4, 0.5) is 5.82 Å². The number of aliphatic imine (C=N–C) groups is 2. The smallest absolute Gasteiger partial charge is 0.248 e. The largest absolute Gasteiger partial charge is 0.493 e. The van der Waals surface area contributed by atoms with Crippen LogP contribution >= 0.6 is 0 Å². The average Bonchev–Trinajstić information content (AvgIpc) is 3.24. The molecule has 1 aromatic heterocycles. The maximum absolute atomic E-state index is 12.6. The third kappa shape index (κ3) is 5.89. The summed E-state index contributed by atoms with van der Waals surface area (Å²) in [6.07, 6.45) is 8.31. The number of likely N-dealkylation sites (N-methyl/N-ethyl adjacent to an activating group) is 1. The number of carbonyl (C=O) groups is 1. The molecule has 10 nitrogen and oxygen atoms in total. The molecule has 3 aliphatic rings. The van der Waals surface area contributed by atoms with E-state index < -0.39 is 6.10 Å². The Bertz CT molecular complexity index is 964. The Kier molecular flexibility index (Phi) is 7.92. The minimum Gasteiger partial charge on any atom is -0.493 e. The Morgan fingerprint density at radius 1 is 1.30 bits per heavy atom. The van der Waals surface area contributed by atoms with Gasteiger partial charge in [0.1, 0.15) is 30.9 Å². The first-order valence-corrected chi connectivity index (χ1v) is 11.4. The first-order chi connectivity index (χ1) is 16.2. The molecule has 3 N–H and O–H groups in total. The second-order valence-corrected chi connectivity index (χ2v) is 8.02.